The van der Waals surface area contributed by atoms with Crippen LogP contribution in [-0.4, -0.2) is 60.5 Å². The van der Waals surface area contributed by atoms with Gasteiger partial charge >= 0.3 is 6.16 Å². The third-order valence-electron chi connectivity index (χ3n) is 7.97. The zero-order chi connectivity index (χ0) is 27.4. The number of carbonyl (C=O) groups is 2. The summed E-state index contributed by atoms with van der Waals surface area (Å²) in [6, 6.07) is 17.7. The molecule has 3 aromatic rings. The number of nitrogens with zero attached hydrogens (tertiary/aromatic N) is 3. The molecule has 4 aliphatic rings. The summed E-state index contributed by atoms with van der Waals surface area (Å²) in [5.41, 5.74) is 2.65. The molecular weight excluding hydrogens is 534 g/mol. The number of rotatable bonds is 4. The molecule has 3 aliphatic heterocycles. The zero-order valence-electron chi connectivity index (χ0n) is 21.8. The summed E-state index contributed by atoms with van der Waals surface area (Å²) < 4.78 is 23.1. The summed E-state index contributed by atoms with van der Waals surface area (Å²) >= 11 is 1.78. The fourth-order valence-electron chi connectivity index (χ4n) is 5.86. The van der Waals surface area contributed by atoms with Gasteiger partial charge in [-0.3, -0.25) is 19.3 Å². The van der Waals surface area contributed by atoms with E-state index in [4.69, 9.17) is 14.2 Å². The predicted octanol–water partition coefficient (Wildman–Crippen LogP) is 3.65. The minimum Gasteiger partial charge on any atom is -0.451 e. The van der Waals surface area contributed by atoms with Gasteiger partial charge in [-0.15, -0.1) is 11.8 Å². The van der Waals surface area contributed by atoms with E-state index in [2.05, 4.69) is 34.0 Å². The number of fused-ring (bicyclic) bond motifs is 4. The maximum atomic E-state index is 14.1. The van der Waals surface area contributed by atoms with Crippen LogP contribution in [0.3, 0.4) is 0 Å². The Bertz CT molecular complexity index is 1520. The Kier molecular flexibility index (Phi) is 6.01. The van der Waals surface area contributed by atoms with Crippen LogP contribution in [0.4, 0.5) is 4.79 Å². The van der Waals surface area contributed by atoms with Gasteiger partial charge in [0.25, 0.3) is 5.91 Å². The van der Waals surface area contributed by atoms with E-state index >= 15 is 0 Å². The van der Waals surface area contributed by atoms with Gasteiger partial charge in [-0.05, 0) is 35.6 Å². The molecule has 1 saturated heterocycles. The van der Waals surface area contributed by atoms with Crippen molar-refractivity contribution >= 4 is 23.8 Å². The number of aromatic nitrogens is 1. The van der Waals surface area contributed by atoms with Crippen LogP contribution in [0.1, 0.15) is 46.1 Å². The Balaban J connectivity index is 1.42. The summed E-state index contributed by atoms with van der Waals surface area (Å²) in [6.45, 7) is 0.167. The molecule has 206 valence electrons. The average Bonchev–Trinajstić information content (AvgIpc) is 3.76. The number of hydrogen-bond donors (Lipinski definition) is 0. The minimum absolute atomic E-state index is 0.0850. The molecule has 1 aliphatic carbocycles. The Hall–Kier alpha value is -3.96. The first-order chi connectivity index (χ1) is 19.5. The van der Waals surface area contributed by atoms with Gasteiger partial charge in [-0.2, -0.15) is 0 Å². The zero-order valence-corrected chi connectivity index (χ0v) is 22.6. The number of ether oxygens (including phenoxy) is 4. The van der Waals surface area contributed by atoms with E-state index in [1.54, 1.807) is 22.6 Å². The maximum absolute atomic E-state index is 14.1. The molecule has 1 amide bonds. The Morgan fingerprint density at radius 3 is 2.65 bits per heavy atom. The highest BCUT2D eigenvalue weighted by Crippen LogP contribution is 2.48. The maximum Gasteiger partial charge on any atom is 0.510 e. The van der Waals surface area contributed by atoms with Crippen molar-refractivity contribution in [3.05, 3.63) is 93.4 Å². The van der Waals surface area contributed by atoms with Gasteiger partial charge in [0.05, 0.1) is 31.9 Å². The Labute approximate surface area is 234 Å². The number of morpholine rings is 1. The minimum atomic E-state index is -0.953. The molecule has 1 saturated carbocycles. The number of hydrogen-bond acceptors (Lipinski definition) is 9. The second-order valence-corrected chi connectivity index (χ2v) is 11.3. The van der Waals surface area contributed by atoms with E-state index in [-0.39, 0.29) is 29.0 Å². The number of amides is 1. The molecule has 4 heterocycles. The van der Waals surface area contributed by atoms with Crippen LogP contribution in [0.15, 0.2) is 70.5 Å². The lowest BCUT2D eigenvalue weighted by Gasteiger charge is -2.53. The average molecular weight is 562 g/mol. The van der Waals surface area contributed by atoms with E-state index in [0.29, 0.717) is 13.2 Å². The van der Waals surface area contributed by atoms with Crippen molar-refractivity contribution in [2.75, 3.05) is 32.1 Å². The third kappa shape index (κ3) is 4.03. The lowest BCUT2D eigenvalue weighted by molar-refractivity contribution is -0.0792. The number of thioether (sulfide) groups is 1. The number of carbonyl (C=O) groups excluding carboxylic acids is 2. The molecule has 10 nitrogen and oxygen atoms in total. The fourth-order valence-corrected chi connectivity index (χ4v) is 6.95. The molecular formula is C29H27N3O7S. The fraction of sp³-hybridized carbons (Fsp3) is 0.345. The van der Waals surface area contributed by atoms with Crippen LogP contribution in [0.25, 0.3) is 0 Å². The van der Waals surface area contributed by atoms with Crippen molar-refractivity contribution in [2.24, 2.45) is 0 Å². The molecule has 7 rings (SSSR count). The summed E-state index contributed by atoms with van der Waals surface area (Å²) in [4.78, 5) is 41.7. The van der Waals surface area contributed by atoms with Crippen LogP contribution in [0.5, 0.6) is 5.75 Å². The molecule has 2 aromatic carbocycles. The highest BCUT2D eigenvalue weighted by atomic mass is 32.2. The third-order valence-corrected chi connectivity index (χ3v) is 9.11. The predicted molar refractivity (Wildman–Crippen MR) is 145 cm³/mol. The van der Waals surface area contributed by atoms with E-state index < -0.39 is 24.5 Å². The molecule has 0 unspecified atom stereocenters. The molecule has 0 N–H and O–H groups in total. The summed E-state index contributed by atoms with van der Waals surface area (Å²) in [6.07, 6.45) is 2.00. The van der Waals surface area contributed by atoms with Gasteiger partial charge in [0.1, 0.15) is 6.17 Å². The van der Waals surface area contributed by atoms with Crippen molar-refractivity contribution < 1.29 is 28.5 Å². The van der Waals surface area contributed by atoms with Gasteiger partial charge in [0, 0.05) is 22.9 Å². The van der Waals surface area contributed by atoms with Crippen LogP contribution < -0.4 is 15.2 Å². The Morgan fingerprint density at radius 1 is 1.07 bits per heavy atom. The molecule has 0 radical (unpaired) electrons. The van der Waals surface area contributed by atoms with E-state index in [1.807, 2.05) is 29.2 Å². The second kappa shape index (κ2) is 9.60. The molecule has 1 spiro atoms. The monoisotopic (exact) mass is 561 g/mol. The normalized spacial score (nSPS) is 21.9. The molecule has 0 bridgehead atoms. The summed E-state index contributed by atoms with van der Waals surface area (Å²) in [5.74, 6) is 0.299. The smallest absolute Gasteiger partial charge is 0.451 e. The van der Waals surface area contributed by atoms with Gasteiger partial charge in [-0.25, -0.2) is 4.79 Å². The molecule has 2 fully saturated rings. The van der Waals surface area contributed by atoms with Gasteiger partial charge < -0.3 is 23.8 Å². The molecule has 40 heavy (non-hydrogen) atoms. The molecule has 1 aromatic heterocycles. The first kappa shape index (κ1) is 25.0. The molecule has 11 heteroatoms. The highest BCUT2D eigenvalue weighted by molar-refractivity contribution is 7.98. The highest BCUT2D eigenvalue weighted by Gasteiger charge is 2.55. The van der Waals surface area contributed by atoms with E-state index in [0.717, 1.165) is 34.6 Å². The quantitative estimate of drug-likeness (QED) is 0.349. The standard InChI is InChI=1S/C29H27N3O7S/c1-36-28(35)38-17-37-26-21(33)10-13-31-25(26)27(34)30-16-29(11-12-29)39-14-23(30)32(31)24-19-7-3-2-6-18(19)15-40-22-9-5-4-8-20(22)24/h2-10,13,23-24H,11-12,14-17H2,1H3/t23-,24+/m1/s1. The van der Waals surface area contributed by atoms with E-state index in [9.17, 15) is 14.4 Å². The lowest BCUT2D eigenvalue weighted by Crippen LogP contribution is -2.68. The van der Waals surface area contributed by atoms with Crippen molar-refractivity contribution in [3.8, 4) is 5.75 Å². The van der Waals surface area contributed by atoms with Crippen molar-refractivity contribution in [2.45, 2.75) is 41.3 Å². The SMILES string of the molecule is COC(=O)OCOc1c2n(ccc1=O)N([C@H]1c3ccccc3CSc3ccccc31)[C@@H]1COC3(CC3)CN1C2=O. The first-order valence-electron chi connectivity index (χ1n) is 13.1. The van der Waals surface area contributed by atoms with Crippen molar-refractivity contribution in [3.63, 3.8) is 0 Å². The van der Waals surface area contributed by atoms with Gasteiger partial charge in [-0.1, -0.05) is 42.5 Å². The van der Waals surface area contributed by atoms with Gasteiger partial charge in [0.15, 0.2) is 5.69 Å². The van der Waals surface area contributed by atoms with Crippen LogP contribution in [0, 0.1) is 0 Å². The second-order valence-electron chi connectivity index (χ2n) is 10.3. The van der Waals surface area contributed by atoms with Crippen LogP contribution in [0.2, 0.25) is 0 Å². The van der Waals surface area contributed by atoms with Crippen molar-refractivity contribution in [1.29, 1.82) is 0 Å². The van der Waals surface area contributed by atoms with E-state index in [1.165, 1.54) is 18.7 Å². The first-order valence-corrected chi connectivity index (χ1v) is 14.1. The summed E-state index contributed by atoms with van der Waals surface area (Å²) in [7, 11) is 1.18. The molecule has 2 atom stereocenters. The number of methoxy groups -OCH3 is 1. The Morgan fingerprint density at radius 2 is 1.85 bits per heavy atom. The largest absolute Gasteiger partial charge is 0.510 e. The number of pyridine rings is 1. The topological polar surface area (TPSA) is 99.5 Å². The van der Waals surface area contributed by atoms with Crippen LogP contribution in [-0.2, 0) is 20.0 Å². The van der Waals surface area contributed by atoms with Crippen molar-refractivity contribution in [1.82, 2.24) is 9.58 Å². The lowest BCUT2D eigenvalue weighted by atomic mass is 9.93. The van der Waals surface area contributed by atoms with Gasteiger partial charge in [0.2, 0.25) is 18.0 Å². The number of benzene rings is 2. The van der Waals surface area contributed by atoms with Crippen LogP contribution >= 0.6 is 11.8 Å². The summed E-state index contributed by atoms with van der Waals surface area (Å²) in [5, 5.41) is 2.13.